The van der Waals surface area contributed by atoms with Crippen LogP contribution in [-0.2, 0) is 6.61 Å². The Morgan fingerprint density at radius 2 is 2.22 bits per heavy atom. The van der Waals surface area contributed by atoms with Gasteiger partial charge in [-0.25, -0.2) is 4.98 Å². The average molecular weight is 247 g/mol. The Morgan fingerprint density at radius 1 is 1.28 bits per heavy atom. The van der Waals surface area contributed by atoms with Crippen LogP contribution < -0.4 is 4.90 Å². The van der Waals surface area contributed by atoms with Gasteiger partial charge < -0.3 is 10.0 Å². The third-order valence-corrected chi connectivity index (χ3v) is 4.15. The first-order chi connectivity index (χ1) is 8.86. The minimum atomic E-state index is 0.0961. The predicted octanol–water partition coefficient (Wildman–Crippen LogP) is 1.25. The van der Waals surface area contributed by atoms with Crippen molar-refractivity contribution in [3.05, 3.63) is 23.9 Å². The Labute approximate surface area is 108 Å². The van der Waals surface area contributed by atoms with Gasteiger partial charge in [0.15, 0.2) is 0 Å². The second kappa shape index (κ2) is 5.24. The van der Waals surface area contributed by atoms with E-state index in [1.165, 1.54) is 25.8 Å². The molecule has 18 heavy (non-hydrogen) atoms. The Bertz CT molecular complexity index is 410. The van der Waals surface area contributed by atoms with E-state index in [1.54, 1.807) is 6.20 Å². The number of piperidine rings is 1. The number of anilines is 1. The summed E-state index contributed by atoms with van der Waals surface area (Å²) in [5, 5.41) is 9.19. The maximum Gasteiger partial charge on any atom is 0.128 e. The molecule has 0 bridgehead atoms. The van der Waals surface area contributed by atoms with Gasteiger partial charge in [0.2, 0.25) is 0 Å². The Kier molecular flexibility index (Phi) is 3.48. The molecule has 1 N–H and O–H groups in total. The zero-order chi connectivity index (χ0) is 12.4. The molecule has 0 radical (unpaired) electrons. The summed E-state index contributed by atoms with van der Waals surface area (Å²) in [5.74, 6) is 1.02. The summed E-state index contributed by atoms with van der Waals surface area (Å²) in [5.41, 5.74) is 0.950. The van der Waals surface area contributed by atoms with Gasteiger partial charge in [0, 0.05) is 31.9 Å². The Balaban J connectivity index is 1.72. The van der Waals surface area contributed by atoms with Crippen LogP contribution in [-0.4, -0.2) is 47.2 Å². The third kappa shape index (κ3) is 2.35. The Morgan fingerprint density at radius 3 is 3.11 bits per heavy atom. The SMILES string of the molecule is OCc1ccnc(N2CCN3CCCCC3C2)c1. The van der Waals surface area contributed by atoms with E-state index >= 15 is 0 Å². The Hall–Kier alpha value is -1.13. The molecule has 1 aromatic heterocycles. The van der Waals surface area contributed by atoms with E-state index in [2.05, 4.69) is 14.8 Å². The van der Waals surface area contributed by atoms with Gasteiger partial charge in [-0.3, -0.25) is 4.90 Å². The van der Waals surface area contributed by atoms with Crippen LogP contribution in [0.3, 0.4) is 0 Å². The van der Waals surface area contributed by atoms with E-state index in [0.29, 0.717) is 6.04 Å². The second-order valence-electron chi connectivity index (χ2n) is 5.31. The first-order valence-electron chi connectivity index (χ1n) is 6.91. The number of nitrogens with zero attached hydrogens (tertiary/aromatic N) is 3. The summed E-state index contributed by atoms with van der Waals surface area (Å²) in [6.45, 7) is 4.65. The fourth-order valence-corrected chi connectivity index (χ4v) is 3.10. The summed E-state index contributed by atoms with van der Waals surface area (Å²) in [6, 6.07) is 4.59. The molecule has 4 nitrogen and oxygen atoms in total. The highest BCUT2D eigenvalue weighted by atomic mass is 16.3. The number of hydrogen-bond acceptors (Lipinski definition) is 4. The van der Waals surface area contributed by atoms with Crippen molar-refractivity contribution >= 4 is 5.82 Å². The summed E-state index contributed by atoms with van der Waals surface area (Å²) in [4.78, 5) is 9.43. The number of piperazine rings is 1. The number of aromatic nitrogens is 1. The topological polar surface area (TPSA) is 39.6 Å². The summed E-state index contributed by atoms with van der Waals surface area (Å²) in [7, 11) is 0. The molecule has 3 rings (SSSR count). The maximum atomic E-state index is 9.19. The molecule has 2 aliphatic heterocycles. The molecule has 1 unspecified atom stereocenters. The summed E-state index contributed by atoms with van der Waals surface area (Å²) >= 11 is 0. The van der Waals surface area contributed by atoms with E-state index in [4.69, 9.17) is 0 Å². The molecule has 2 aliphatic rings. The molecule has 0 aliphatic carbocycles. The smallest absolute Gasteiger partial charge is 0.128 e. The lowest BCUT2D eigenvalue weighted by atomic mass is 9.99. The van der Waals surface area contributed by atoms with Crippen LogP contribution in [0.5, 0.6) is 0 Å². The van der Waals surface area contributed by atoms with Crippen LogP contribution in [0.25, 0.3) is 0 Å². The molecule has 0 spiro atoms. The van der Waals surface area contributed by atoms with Crippen molar-refractivity contribution in [1.29, 1.82) is 0 Å². The number of rotatable bonds is 2. The van der Waals surface area contributed by atoms with Crippen molar-refractivity contribution in [2.45, 2.75) is 31.9 Å². The number of fused-ring (bicyclic) bond motifs is 1. The fraction of sp³-hybridized carbons (Fsp3) is 0.643. The third-order valence-electron chi connectivity index (χ3n) is 4.15. The van der Waals surface area contributed by atoms with Gasteiger partial charge >= 0.3 is 0 Å². The molecule has 1 aromatic rings. The highest BCUT2D eigenvalue weighted by Gasteiger charge is 2.29. The molecule has 4 heteroatoms. The molecule has 98 valence electrons. The minimum Gasteiger partial charge on any atom is -0.392 e. The van der Waals surface area contributed by atoms with Gasteiger partial charge in [-0.2, -0.15) is 0 Å². The van der Waals surface area contributed by atoms with Gasteiger partial charge in [0.25, 0.3) is 0 Å². The zero-order valence-electron chi connectivity index (χ0n) is 10.8. The van der Waals surface area contributed by atoms with Crippen molar-refractivity contribution in [3.63, 3.8) is 0 Å². The van der Waals surface area contributed by atoms with E-state index in [9.17, 15) is 5.11 Å². The van der Waals surface area contributed by atoms with E-state index in [1.807, 2.05) is 12.1 Å². The first-order valence-corrected chi connectivity index (χ1v) is 6.91. The van der Waals surface area contributed by atoms with Gasteiger partial charge in [0.1, 0.15) is 5.82 Å². The predicted molar refractivity (Wildman–Crippen MR) is 71.6 cm³/mol. The van der Waals surface area contributed by atoms with Crippen LogP contribution in [0.4, 0.5) is 5.82 Å². The van der Waals surface area contributed by atoms with E-state index in [0.717, 1.165) is 31.0 Å². The van der Waals surface area contributed by atoms with Crippen LogP contribution in [0, 0.1) is 0 Å². The first kappa shape index (κ1) is 11.9. The molecule has 0 aromatic carbocycles. The van der Waals surface area contributed by atoms with E-state index < -0.39 is 0 Å². The van der Waals surface area contributed by atoms with Crippen LogP contribution in [0.2, 0.25) is 0 Å². The monoisotopic (exact) mass is 247 g/mol. The standard InChI is InChI=1S/C14H21N3O/c18-11-12-4-5-15-14(9-12)17-8-7-16-6-2-1-3-13(16)10-17/h4-5,9,13,18H,1-3,6-8,10-11H2. The van der Waals surface area contributed by atoms with Crippen LogP contribution in [0.15, 0.2) is 18.3 Å². The molecule has 2 saturated heterocycles. The van der Waals surface area contributed by atoms with E-state index in [-0.39, 0.29) is 6.61 Å². The molecular weight excluding hydrogens is 226 g/mol. The average Bonchev–Trinajstić information content (AvgIpc) is 2.47. The molecular formula is C14H21N3O. The molecule has 3 heterocycles. The van der Waals surface area contributed by atoms with Crippen molar-refractivity contribution in [3.8, 4) is 0 Å². The van der Waals surface area contributed by atoms with Crippen LogP contribution >= 0.6 is 0 Å². The van der Waals surface area contributed by atoms with Gasteiger partial charge in [-0.15, -0.1) is 0 Å². The lowest BCUT2D eigenvalue weighted by Crippen LogP contribution is -2.55. The summed E-state index contributed by atoms with van der Waals surface area (Å²) < 4.78 is 0. The van der Waals surface area contributed by atoms with Crippen molar-refractivity contribution < 1.29 is 5.11 Å². The highest BCUT2D eigenvalue weighted by Crippen LogP contribution is 2.24. The quantitative estimate of drug-likeness (QED) is 0.854. The van der Waals surface area contributed by atoms with Gasteiger partial charge in [-0.05, 0) is 37.1 Å². The lowest BCUT2D eigenvalue weighted by molar-refractivity contribution is 0.133. The van der Waals surface area contributed by atoms with Gasteiger partial charge in [0.05, 0.1) is 6.61 Å². The van der Waals surface area contributed by atoms with Crippen molar-refractivity contribution in [2.24, 2.45) is 0 Å². The molecule has 0 saturated carbocycles. The number of aliphatic hydroxyl groups excluding tert-OH is 1. The highest BCUT2D eigenvalue weighted by molar-refractivity contribution is 5.41. The molecule has 1 atom stereocenters. The zero-order valence-corrected chi connectivity index (χ0v) is 10.8. The summed E-state index contributed by atoms with van der Waals surface area (Å²) in [6.07, 6.45) is 5.83. The maximum absolute atomic E-state index is 9.19. The largest absolute Gasteiger partial charge is 0.392 e. The number of pyridine rings is 1. The second-order valence-corrected chi connectivity index (χ2v) is 5.31. The van der Waals surface area contributed by atoms with Crippen molar-refractivity contribution in [1.82, 2.24) is 9.88 Å². The fourth-order valence-electron chi connectivity index (χ4n) is 3.10. The van der Waals surface area contributed by atoms with Crippen molar-refractivity contribution in [2.75, 3.05) is 31.1 Å². The number of hydrogen-bond donors (Lipinski definition) is 1. The molecule has 0 amide bonds. The lowest BCUT2D eigenvalue weighted by Gasteiger charge is -2.44. The van der Waals surface area contributed by atoms with Gasteiger partial charge in [-0.1, -0.05) is 6.42 Å². The number of aliphatic hydroxyl groups is 1. The normalized spacial score (nSPS) is 24.9. The minimum absolute atomic E-state index is 0.0961. The molecule has 2 fully saturated rings. The van der Waals surface area contributed by atoms with Crippen LogP contribution in [0.1, 0.15) is 24.8 Å².